The first-order chi connectivity index (χ1) is 18.7. The number of rotatable bonds is 7. The smallest absolute Gasteiger partial charge is 0.301 e. The van der Waals surface area contributed by atoms with E-state index in [-0.39, 0.29) is 22.2 Å². The van der Waals surface area contributed by atoms with E-state index >= 15 is 0 Å². The Balaban J connectivity index is 1.51. The average Bonchev–Trinajstić information content (AvgIpc) is 3.44. The van der Waals surface area contributed by atoms with Crippen LogP contribution in [0.25, 0.3) is 5.76 Å². The Kier molecular flexibility index (Phi) is 7.08. The Morgan fingerprint density at radius 3 is 2.49 bits per heavy atom. The number of pyridine rings is 1. The number of anilines is 1. The standard InChI is InChI=1S/C30H25N3O5S/c1-17-6-4-7-20(14-17)16-38-23-11-9-21(10-12-23)26(35)24-25(22-8-5-13-31-15-22)33(29(37)27(24)36)30-32-18(2)28(39-30)19(3)34/h4-15,25,35H,16H2,1-3H3/t25-/m0/s1. The molecule has 8 nitrogen and oxygen atoms in total. The van der Waals surface area contributed by atoms with Gasteiger partial charge in [-0.3, -0.25) is 24.3 Å². The Bertz CT molecular complexity index is 1610. The van der Waals surface area contributed by atoms with Crippen molar-refractivity contribution in [1.29, 1.82) is 0 Å². The molecule has 39 heavy (non-hydrogen) atoms. The SMILES string of the molecule is CC(=O)c1sc(N2C(=O)C(=O)C(=C(O)c3ccc(OCc4cccc(C)c4)cc3)[C@@H]2c2cccnc2)nc1C. The molecule has 0 spiro atoms. The third-order valence-corrected chi connectivity index (χ3v) is 7.63. The molecule has 1 aliphatic rings. The van der Waals surface area contributed by atoms with Gasteiger partial charge in [0.2, 0.25) is 0 Å². The van der Waals surface area contributed by atoms with E-state index in [9.17, 15) is 19.5 Å². The predicted molar refractivity (Wildman–Crippen MR) is 148 cm³/mol. The maximum Gasteiger partial charge on any atom is 0.301 e. The molecule has 1 saturated heterocycles. The van der Waals surface area contributed by atoms with Crippen LogP contribution in [0.2, 0.25) is 0 Å². The fourth-order valence-electron chi connectivity index (χ4n) is 4.53. The number of thiazole rings is 1. The minimum atomic E-state index is -0.971. The van der Waals surface area contributed by atoms with Crippen LogP contribution in [0.1, 0.15) is 50.6 Å². The zero-order chi connectivity index (χ0) is 27.7. The Labute approximate surface area is 229 Å². The van der Waals surface area contributed by atoms with Crippen LogP contribution >= 0.6 is 11.3 Å². The number of aliphatic hydroxyl groups is 1. The molecule has 1 N–H and O–H groups in total. The zero-order valence-corrected chi connectivity index (χ0v) is 22.4. The minimum absolute atomic E-state index is 0.0846. The number of Topliss-reactive ketones (excluding diaryl/α,β-unsaturated/α-hetero) is 2. The minimum Gasteiger partial charge on any atom is -0.507 e. The van der Waals surface area contributed by atoms with Gasteiger partial charge in [0.05, 0.1) is 22.2 Å². The summed E-state index contributed by atoms with van der Waals surface area (Å²) in [6.07, 6.45) is 3.11. The molecule has 0 bridgehead atoms. The molecule has 196 valence electrons. The predicted octanol–water partition coefficient (Wildman–Crippen LogP) is 5.56. The molecule has 9 heteroatoms. The van der Waals surface area contributed by atoms with Crippen LogP contribution in [0.5, 0.6) is 5.75 Å². The summed E-state index contributed by atoms with van der Waals surface area (Å²) in [6, 6.07) is 17.1. The van der Waals surface area contributed by atoms with Crippen LogP contribution in [0.15, 0.2) is 78.6 Å². The highest BCUT2D eigenvalue weighted by Gasteiger charge is 2.48. The van der Waals surface area contributed by atoms with E-state index < -0.39 is 17.7 Å². The first-order valence-electron chi connectivity index (χ1n) is 12.2. The van der Waals surface area contributed by atoms with Gasteiger partial charge in [0.25, 0.3) is 5.78 Å². The summed E-state index contributed by atoms with van der Waals surface area (Å²) in [6.45, 7) is 5.50. The topological polar surface area (TPSA) is 110 Å². The molecule has 0 radical (unpaired) electrons. The van der Waals surface area contributed by atoms with Gasteiger partial charge in [-0.05, 0) is 55.3 Å². The van der Waals surface area contributed by atoms with Crippen LogP contribution in [0.4, 0.5) is 5.13 Å². The van der Waals surface area contributed by atoms with E-state index in [1.54, 1.807) is 49.5 Å². The summed E-state index contributed by atoms with van der Waals surface area (Å²) in [5, 5.41) is 11.5. The molecule has 2 aromatic carbocycles. The number of ketones is 2. The number of hydrogen-bond donors (Lipinski definition) is 1. The molecule has 0 aliphatic carbocycles. The second-order valence-electron chi connectivity index (χ2n) is 9.22. The number of carbonyl (C=O) groups excluding carboxylic acids is 3. The fourth-order valence-corrected chi connectivity index (χ4v) is 5.52. The van der Waals surface area contributed by atoms with E-state index in [2.05, 4.69) is 9.97 Å². The Morgan fingerprint density at radius 2 is 1.85 bits per heavy atom. The normalized spacial score (nSPS) is 16.5. The highest BCUT2D eigenvalue weighted by Crippen LogP contribution is 2.43. The lowest BCUT2D eigenvalue weighted by molar-refractivity contribution is -0.132. The number of benzene rings is 2. The molecular weight excluding hydrogens is 514 g/mol. The van der Waals surface area contributed by atoms with E-state index in [0.29, 0.717) is 34.1 Å². The number of aromatic nitrogens is 2. The Morgan fingerprint density at radius 1 is 1.08 bits per heavy atom. The summed E-state index contributed by atoms with van der Waals surface area (Å²) in [5.74, 6) is -1.61. The van der Waals surface area contributed by atoms with Gasteiger partial charge in [-0.2, -0.15) is 0 Å². The summed E-state index contributed by atoms with van der Waals surface area (Å²) in [5.41, 5.74) is 3.43. The summed E-state index contributed by atoms with van der Waals surface area (Å²) in [4.78, 5) is 48.9. The maximum atomic E-state index is 13.3. The third kappa shape index (κ3) is 5.08. The molecule has 3 heterocycles. The van der Waals surface area contributed by atoms with Crippen molar-refractivity contribution in [2.75, 3.05) is 4.90 Å². The van der Waals surface area contributed by atoms with Gasteiger partial charge >= 0.3 is 5.91 Å². The van der Waals surface area contributed by atoms with Crippen molar-refractivity contribution in [2.45, 2.75) is 33.4 Å². The lowest BCUT2D eigenvalue weighted by atomic mass is 9.96. The van der Waals surface area contributed by atoms with Gasteiger partial charge in [0, 0.05) is 24.9 Å². The van der Waals surface area contributed by atoms with Crippen molar-refractivity contribution < 1.29 is 24.2 Å². The van der Waals surface area contributed by atoms with E-state index in [4.69, 9.17) is 4.74 Å². The first-order valence-corrected chi connectivity index (χ1v) is 13.0. The van der Waals surface area contributed by atoms with E-state index in [1.165, 1.54) is 18.0 Å². The molecule has 1 aliphatic heterocycles. The van der Waals surface area contributed by atoms with Gasteiger partial charge in [0.1, 0.15) is 18.1 Å². The summed E-state index contributed by atoms with van der Waals surface area (Å²) in [7, 11) is 0. The first kappa shape index (κ1) is 26.0. The number of hydrogen-bond acceptors (Lipinski definition) is 8. The van der Waals surface area contributed by atoms with Crippen molar-refractivity contribution in [3.63, 3.8) is 0 Å². The van der Waals surface area contributed by atoms with Crippen molar-refractivity contribution >= 4 is 39.7 Å². The molecular formula is C30H25N3O5S. The Hall–Kier alpha value is -4.63. The number of aryl methyl sites for hydroxylation is 2. The average molecular weight is 540 g/mol. The molecule has 1 atom stereocenters. The number of nitrogens with zero attached hydrogens (tertiary/aromatic N) is 3. The quantitative estimate of drug-likeness (QED) is 0.142. The maximum absolute atomic E-state index is 13.3. The van der Waals surface area contributed by atoms with Gasteiger partial charge in [-0.15, -0.1) is 0 Å². The van der Waals surface area contributed by atoms with Crippen LogP contribution in [-0.4, -0.2) is 32.5 Å². The molecule has 1 fully saturated rings. The molecule has 4 aromatic rings. The second kappa shape index (κ2) is 10.6. The second-order valence-corrected chi connectivity index (χ2v) is 10.2. The van der Waals surface area contributed by atoms with Crippen molar-refractivity contribution in [3.8, 4) is 5.75 Å². The monoisotopic (exact) mass is 539 g/mol. The lowest BCUT2D eigenvalue weighted by Crippen LogP contribution is -2.29. The van der Waals surface area contributed by atoms with Crippen LogP contribution in [0, 0.1) is 13.8 Å². The number of amides is 1. The van der Waals surface area contributed by atoms with Crippen molar-refractivity contribution in [1.82, 2.24) is 9.97 Å². The van der Waals surface area contributed by atoms with E-state index in [0.717, 1.165) is 22.5 Å². The number of ether oxygens (including phenoxy) is 1. The number of carbonyl (C=O) groups is 3. The highest BCUT2D eigenvalue weighted by atomic mass is 32.1. The van der Waals surface area contributed by atoms with Gasteiger partial charge in [-0.25, -0.2) is 4.98 Å². The van der Waals surface area contributed by atoms with Crippen LogP contribution in [-0.2, 0) is 16.2 Å². The third-order valence-electron chi connectivity index (χ3n) is 6.37. The van der Waals surface area contributed by atoms with E-state index in [1.807, 2.05) is 31.2 Å². The largest absolute Gasteiger partial charge is 0.507 e. The summed E-state index contributed by atoms with van der Waals surface area (Å²) < 4.78 is 5.87. The van der Waals surface area contributed by atoms with Crippen molar-refractivity contribution in [2.24, 2.45) is 0 Å². The molecule has 1 amide bonds. The van der Waals surface area contributed by atoms with Gasteiger partial charge < -0.3 is 9.84 Å². The molecule has 2 aromatic heterocycles. The van der Waals surface area contributed by atoms with Crippen molar-refractivity contribution in [3.05, 3.63) is 111 Å². The number of aliphatic hydroxyl groups excluding tert-OH is 1. The van der Waals surface area contributed by atoms with Gasteiger partial charge in [0.15, 0.2) is 10.9 Å². The fraction of sp³-hybridized carbons (Fsp3) is 0.167. The summed E-state index contributed by atoms with van der Waals surface area (Å²) >= 11 is 1.04. The van der Waals surface area contributed by atoms with Gasteiger partial charge in [-0.1, -0.05) is 47.2 Å². The molecule has 5 rings (SSSR count). The lowest BCUT2D eigenvalue weighted by Gasteiger charge is -2.22. The molecule has 0 unspecified atom stereocenters. The van der Waals surface area contributed by atoms with Crippen LogP contribution in [0.3, 0.4) is 0 Å². The van der Waals surface area contributed by atoms with Crippen LogP contribution < -0.4 is 9.64 Å². The zero-order valence-electron chi connectivity index (χ0n) is 21.5. The highest BCUT2D eigenvalue weighted by molar-refractivity contribution is 7.18. The molecule has 0 saturated carbocycles.